The van der Waals surface area contributed by atoms with E-state index in [0.717, 1.165) is 56.1 Å². The van der Waals surface area contributed by atoms with Crippen molar-refractivity contribution in [2.75, 3.05) is 48.2 Å². The molecule has 5 rings (SSSR count). The summed E-state index contributed by atoms with van der Waals surface area (Å²) in [6, 6.07) is 15.4. The quantitative estimate of drug-likeness (QED) is 0.109. The minimum absolute atomic E-state index is 0.0166. The first kappa shape index (κ1) is 39.6. The van der Waals surface area contributed by atoms with Gasteiger partial charge in [0.05, 0.1) is 41.0 Å². The zero-order chi connectivity index (χ0) is 37.7. The number of phenols is 1. The molecule has 3 aromatic carbocycles. The van der Waals surface area contributed by atoms with Gasteiger partial charge >= 0.3 is 5.97 Å². The molecule has 1 aliphatic carbocycles. The molecule has 1 amide bonds. The fourth-order valence-electron chi connectivity index (χ4n) is 7.76. The SMILES string of the molecule is COc1ccc(CCC(OC(=O)[C@H]2CCCCN2C(=O)C(c2cc(OC)c(OC)c(OCCCO)c2)C2CCCCC2)c2cccc(O)c2)cc1OC. The number of carbonyl (C=O) groups is 2. The lowest BCUT2D eigenvalue weighted by Crippen LogP contribution is -2.51. The lowest BCUT2D eigenvalue weighted by atomic mass is 9.75. The molecule has 11 heteroatoms. The van der Waals surface area contributed by atoms with Crippen LogP contribution in [0.3, 0.4) is 0 Å². The molecule has 2 N–H and O–H groups in total. The van der Waals surface area contributed by atoms with Gasteiger partial charge < -0.3 is 43.5 Å². The van der Waals surface area contributed by atoms with Gasteiger partial charge in [-0.15, -0.1) is 0 Å². The average molecular weight is 734 g/mol. The van der Waals surface area contributed by atoms with Crippen molar-refractivity contribution in [2.45, 2.75) is 88.7 Å². The van der Waals surface area contributed by atoms with E-state index in [9.17, 15) is 19.8 Å². The summed E-state index contributed by atoms with van der Waals surface area (Å²) >= 11 is 0. The Kier molecular flexibility index (Phi) is 14.5. The summed E-state index contributed by atoms with van der Waals surface area (Å²) in [5, 5.41) is 19.7. The molecule has 1 saturated heterocycles. The fourth-order valence-corrected chi connectivity index (χ4v) is 7.76. The predicted octanol–water partition coefficient (Wildman–Crippen LogP) is 7.15. The summed E-state index contributed by atoms with van der Waals surface area (Å²) in [6.07, 6.45) is 7.81. The lowest BCUT2D eigenvalue weighted by molar-refractivity contribution is -0.163. The monoisotopic (exact) mass is 733 g/mol. The number of aryl methyl sites for hydroxylation is 1. The summed E-state index contributed by atoms with van der Waals surface area (Å²) in [5.41, 5.74) is 2.40. The van der Waals surface area contributed by atoms with E-state index in [0.29, 0.717) is 66.5 Å². The predicted molar refractivity (Wildman–Crippen MR) is 200 cm³/mol. The second-order valence-corrected chi connectivity index (χ2v) is 13.8. The minimum Gasteiger partial charge on any atom is -0.508 e. The fraction of sp³-hybridized carbons (Fsp3) is 0.524. The molecule has 53 heavy (non-hydrogen) atoms. The second-order valence-electron chi connectivity index (χ2n) is 13.8. The Morgan fingerprint density at radius 3 is 2.23 bits per heavy atom. The summed E-state index contributed by atoms with van der Waals surface area (Å²) in [6.45, 7) is 0.697. The van der Waals surface area contributed by atoms with Crippen molar-refractivity contribution in [2.24, 2.45) is 5.92 Å². The van der Waals surface area contributed by atoms with Crippen molar-refractivity contribution in [3.63, 3.8) is 0 Å². The van der Waals surface area contributed by atoms with E-state index in [1.165, 1.54) is 0 Å². The van der Waals surface area contributed by atoms with Gasteiger partial charge in [0.15, 0.2) is 23.0 Å². The van der Waals surface area contributed by atoms with Gasteiger partial charge in [-0.05, 0) is 104 Å². The first-order valence-corrected chi connectivity index (χ1v) is 18.8. The number of aromatic hydroxyl groups is 1. The number of esters is 1. The minimum atomic E-state index is -0.761. The highest BCUT2D eigenvalue weighted by molar-refractivity contribution is 5.89. The number of amides is 1. The molecular formula is C42H55NO10. The van der Waals surface area contributed by atoms with Crippen molar-refractivity contribution in [1.29, 1.82) is 0 Å². The number of methoxy groups -OCH3 is 4. The number of aliphatic hydroxyl groups is 1. The third kappa shape index (κ3) is 9.87. The van der Waals surface area contributed by atoms with E-state index in [4.69, 9.17) is 28.4 Å². The number of hydrogen-bond donors (Lipinski definition) is 2. The normalized spacial score (nSPS) is 17.4. The molecule has 1 saturated carbocycles. The van der Waals surface area contributed by atoms with E-state index in [1.807, 2.05) is 36.4 Å². The largest absolute Gasteiger partial charge is 0.508 e. The van der Waals surface area contributed by atoms with Crippen LogP contribution in [0.25, 0.3) is 0 Å². The highest BCUT2D eigenvalue weighted by Gasteiger charge is 2.41. The highest BCUT2D eigenvalue weighted by atomic mass is 16.5. The molecule has 2 fully saturated rings. The number of likely N-dealkylation sites (tertiary alicyclic amines) is 1. The molecule has 0 bridgehead atoms. The molecule has 1 aliphatic heterocycles. The third-order valence-electron chi connectivity index (χ3n) is 10.5. The smallest absolute Gasteiger partial charge is 0.329 e. The first-order chi connectivity index (χ1) is 25.8. The number of benzene rings is 3. The number of phenolic OH excluding ortho intramolecular Hbond substituents is 1. The van der Waals surface area contributed by atoms with Crippen LogP contribution in [0, 0.1) is 5.92 Å². The summed E-state index contributed by atoms with van der Waals surface area (Å²) in [7, 11) is 6.28. The maximum Gasteiger partial charge on any atom is 0.329 e. The van der Waals surface area contributed by atoms with Gasteiger partial charge in [0.1, 0.15) is 17.9 Å². The van der Waals surface area contributed by atoms with Crippen LogP contribution < -0.4 is 23.7 Å². The molecule has 3 atom stereocenters. The molecular weight excluding hydrogens is 678 g/mol. The van der Waals surface area contributed by atoms with Crippen molar-refractivity contribution in [3.05, 3.63) is 71.3 Å². The second kappa shape index (κ2) is 19.4. The maximum atomic E-state index is 15.0. The van der Waals surface area contributed by atoms with Gasteiger partial charge in [-0.3, -0.25) is 4.79 Å². The first-order valence-electron chi connectivity index (χ1n) is 18.8. The van der Waals surface area contributed by atoms with Crippen LogP contribution in [0.2, 0.25) is 0 Å². The van der Waals surface area contributed by atoms with Crippen LogP contribution in [-0.4, -0.2) is 81.2 Å². The lowest BCUT2D eigenvalue weighted by Gasteiger charge is -2.40. The van der Waals surface area contributed by atoms with E-state index >= 15 is 0 Å². The van der Waals surface area contributed by atoms with Crippen molar-refractivity contribution < 1.29 is 48.2 Å². The Morgan fingerprint density at radius 2 is 1.53 bits per heavy atom. The van der Waals surface area contributed by atoms with Gasteiger partial charge in [-0.25, -0.2) is 4.79 Å². The number of carbonyl (C=O) groups excluding carboxylic acids is 2. The average Bonchev–Trinajstić information content (AvgIpc) is 3.19. The Hall–Kier alpha value is -4.64. The Labute approximate surface area is 313 Å². The summed E-state index contributed by atoms with van der Waals surface area (Å²) in [4.78, 5) is 31.0. The van der Waals surface area contributed by atoms with Crippen molar-refractivity contribution in [3.8, 4) is 34.5 Å². The number of piperidine rings is 1. The molecule has 1 heterocycles. The van der Waals surface area contributed by atoms with E-state index in [-0.39, 0.29) is 30.8 Å². The highest BCUT2D eigenvalue weighted by Crippen LogP contribution is 2.45. The van der Waals surface area contributed by atoms with Crippen LogP contribution >= 0.6 is 0 Å². The summed E-state index contributed by atoms with van der Waals surface area (Å²) < 4.78 is 34.7. The van der Waals surface area contributed by atoms with Crippen LogP contribution in [0.5, 0.6) is 34.5 Å². The van der Waals surface area contributed by atoms with Crippen LogP contribution in [0.15, 0.2) is 54.6 Å². The number of hydrogen-bond acceptors (Lipinski definition) is 10. The van der Waals surface area contributed by atoms with Crippen molar-refractivity contribution >= 4 is 11.9 Å². The standard InChI is InChI=1S/C42H55NO10/c1-48-35-20-18-28(24-36(35)49-2)17-19-34(30-14-10-15-32(45)25-30)53-42(47)33-16-8-9-21-43(33)41(46)39(29-12-6-5-7-13-29)31-26-37(50-3)40(51-4)38(27-31)52-23-11-22-44/h10,14-15,18,20,24-27,29,33-34,39,44-45H,5-9,11-13,16-17,19,21-23H2,1-4H3/t33-,34?,39?/m1/s1. The number of nitrogens with zero attached hydrogens (tertiary/aromatic N) is 1. The molecule has 3 aromatic rings. The van der Waals surface area contributed by atoms with Gasteiger partial charge in [0.2, 0.25) is 11.7 Å². The van der Waals surface area contributed by atoms with Gasteiger partial charge in [0, 0.05) is 19.6 Å². The molecule has 288 valence electrons. The topological polar surface area (TPSA) is 133 Å². The van der Waals surface area contributed by atoms with Gasteiger partial charge in [0.25, 0.3) is 0 Å². The van der Waals surface area contributed by atoms with Crippen LogP contribution in [-0.2, 0) is 20.7 Å². The number of aliphatic hydroxyl groups excluding tert-OH is 1. The molecule has 0 radical (unpaired) electrons. The molecule has 11 nitrogen and oxygen atoms in total. The molecule has 2 unspecified atom stereocenters. The molecule has 0 spiro atoms. The van der Waals surface area contributed by atoms with Gasteiger partial charge in [-0.2, -0.15) is 0 Å². The Balaban J connectivity index is 1.44. The zero-order valence-electron chi connectivity index (χ0n) is 31.5. The van der Waals surface area contributed by atoms with Crippen LogP contribution in [0.1, 0.15) is 92.9 Å². The Bertz CT molecular complexity index is 1650. The van der Waals surface area contributed by atoms with E-state index in [1.54, 1.807) is 51.5 Å². The maximum absolute atomic E-state index is 15.0. The Morgan fingerprint density at radius 1 is 0.792 bits per heavy atom. The third-order valence-corrected chi connectivity index (χ3v) is 10.5. The van der Waals surface area contributed by atoms with Crippen molar-refractivity contribution in [1.82, 2.24) is 4.90 Å². The van der Waals surface area contributed by atoms with E-state index in [2.05, 4.69) is 0 Å². The zero-order valence-corrected chi connectivity index (χ0v) is 31.5. The number of ether oxygens (including phenoxy) is 6. The summed E-state index contributed by atoms with van der Waals surface area (Å²) in [5.74, 6) is 1.61. The van der Waals surface area contributed by atoms with Crippen LogP contribution in [0.4, 0.5) is 0 Å². The number of rotatable bonds is 17. The van der Waals surface area contributed by atoms with Gasteiger partial charge in [-0.1, -0.05) is 37.5 Å². The molecule has 0 aromatic heterocycles. The van der Waals surface area contributed by atoms with E-state index < -0.39 is 24.0 Å². The molecule has 2 aliphatic rings.